The summed E-state index contributed by atoms with van der Waals surface area (Å²) < 4.78 is 7.54. The molecule has 1 saturated carbocycles. The molecule has 1 aliphatic carbocycles. The van der Waals surface area contributed by atoms with E-state index in [2.05, 4.69) is 42.9 Å². The summed E-state index contributed by atoms with van der Waals surface area (Å²) >= 11 is 0. The van der Waals surface area contributed by atoms with Gasteiger partial charge in [-0.05, 0) is 24.8 Å². The van der Waals surface area contributed by atoms with Gasteiger partial charge in [-0.15, -0.1) is 10.2 Å². The van der Waals surface area contributed by atoms with Crippen molar-refractivity contribution in [1.29, 1.82) is 5.26 Å². The Hall–Kier alpha value is -2.50. The van der Waals surface area contributed by atoms with Gasteiger partial charge in [0.15, 0.2) is 11.3 Å². The van der Waals surface area contributed by atoms with E-state index in [1.807, 2.05) is 12.3 Å². The highest BCUT2D eigenvalue weighted by molar-refractivity contribution is 5.74. The molecule has 8 heteroatoms. The maximum atomic E-state index is 9.16. The Morgan fingerprint density at radius 2 is 2.30 bits per heavy atom. The average Bonchev–Trinajstić information content (AvgIpc) is 3.35. The number of aromatic amines is 1. The molecule has 2 aliphatic rings. The van der Waals surface area contributed by atoms with Gasteiger partial charge < -0.3 is 15.0 Å². The molecule has 0 aromatic carbocycles. The lowest BCUT2D eigenvalue weighted by Crippen LogP contribution is -2.62. The van der Waals surface area contributed by atoms with Gasteiger partial charge in [0.25, 0.3) is 0 Å². The van der Waals surface area contributed by atoms with Crippen LogP contribution in [0.3, 0.4) is 0 Å². The lowest BCUT2D eigenvalue weighted by molar-refractivity contribution is -0.0769. The van der Waals surface area contributed by atoms with E-state index in [1.54, 1.807) is 6.20 Å². The third-order valence-electron chi connectivity index (χ3n) is 6.20. The molecule has 0 spiro atoms. The molecule has 0 amide bonds. The van der Waals surface area contributed by atoms with Crippen molar-refractivity contribution in [1.82, 2.24) is 29.9 Å². The number of ether oxygens (including phenoxy) is 1. The fourth-order valence-electron chi connectivity index (χ4n) is 4.82. The van der Waals surface area contributed by atoms with Crippen molar-refractivity contribution in [3.8, 4) is 6.07 Å². The van der Waals surface area contributed by atoms with Gasteiger partial charge in [0.2, 0.25) is 0 Å². The van der Waals surface area contributed by atoms with E-state index in [1.165, 1.54) is 0 Å². The highest BCUT2D eigenvalue weighted by Gasteiger charge is 2.44. The summed E-state index contributed by atoms with van der Waals surface area (Å²) in [5.74, 6) is 1.90. The van der Waals surface area contributed by atoms with Gasteiger partial charge in [0.1, 0.15) is 5.82 Å². The number of H-pyrrole nitrogens is 1. The van der Waals surface area contributed by atoms with Crippen LogP contribution in [0.2, 0.25) is 0 Å². The number of nitrogens with one attached hydrogen (secondary N) is 2. The van der Waals surface area contributed by atoms with Crippen LogP contribution in [-0.2, 0) is 4.74 Å². The minimum atomic E-state index is -0.169. The number of nitrogens with zero attached hydrogens (tertiary/aromatic N) is 5. The molecule has 3 aromatic rings. The molecule has 2 fully saturated rings. The molecule has 8 nitrogen and oxygen atoms in total. The molecule has 0 unspecified atom stereocenters. The summed E-state index contributed by atoms with van der Waals surface area (Å²) in [5, 5.41) is 21.8. The lowest BCUT2D eigenvalue weighted by atomic mass is 9.92. The zero-order chi connectivity index (χ0) is 18.4. The Morgan fingerprint density at radius 1 is 1.41 bits per heavy atom. The molecular weight excluding hydrogens is 342 g/mol. The summed E-state index contributed by atoms with van der Waals surface area (Å²) in [6, 6.07) is 4.71. The highest BCUT2D eigenvalue weighted by Crippen LogP contribution is 2.42. The molecule has 0 bridgehead atoms. The molecule has 1 aliphatic heterocycles. The normalized spacial score (nSPS) is 27.0. The molecule has 140 valence electrons. The van der Waals surface area contributed by atoms with Gasteiger partial charge in [-0.1, -0.05) is 13.3 Å². The zero-order valence-electron chi connectivity index (χ0n) is 15.4. The number of hydrogen-bond acceptors (Lipinski definition) is 6. The average molecular weight is 365 g/mol. The first kappa shape index (κ1) is 16.7. The quantitative estimate of drug-likeness (QED) is 0.718. The van der Waals surface area contributed by atoms with Crippen LogP contribution >= 0.6 is 0 Å². The fraction of sp³-hybridized carbons (Fsp3) is 0.579. The summed E-state index contributed by atoms with van der Waals surface area (Å²) in [6.45, 7) is 3.50. The van der Waals surface area contributed by atoms with E-state index in [-0.39, 0.29) is 5.54 Å². The van der Waals surface area contributed by atoms with Crippen LogP contribution in [-0.4, -0.2) is 49.4 Å². The van der Waals surface area contributed by atoms with E-state index < -0.39 is 0 Å². The van der Waals surface area contributed by atoms with Crippen molar-refractivity contribution < 1.29 is 4.74 Å². The van der Waals surface area contributed by atoms with Crippen molar-refractivity contribution in [2.45, 2.75) is 50.1 Å². The standard InChI is InChI=1S/C19H23N7O/c1-2-12-7-13(23-19(4-5-20)10-27-11-19)8-14(12)18-25-24-16-9-22-17-15(26(16)18)3-6-21-17/h3,6,9,12-14,21,23H,2,4,7-8,10-11H2,1H3/t12-,13-,14+/m1/s1. The first-order valence-electron chi connectivity index (χ1n) is 9.62. The van der Waals surface area contributed by atoms with Crippen LogP contribution in [0.4, 0.5) is 0 Å². The van der Waals surface area contributed by atoms with Crippen LogP contribution in [0, 0.1) is 17.2 Å². The van der Waals surface area contributed by atoms with Crippen molar-refractivity contribution in [3.63, 3.8) is 0 Å². The van der Waals surface area contributed by atoms with Crippen LogP contribution in [0.1, 0.15) is 44.3 Å². The van der Waals surface area contributed by atoms with Crippen molar-refractivity contribution >= 4 is 16.8 Å². The number of hydrogen-bond donors (Lipinski definition) is 2. The summed E-state index contributed by atoms with van der Waals surface area (Å²) in [5.41, 5.74) is 2.49. The minimum Gasteiger partial charge on any atom is -0.377 e. The molecule has 5 rings (SSSR count). The van der Waals surface area contributed by atoms with Crippen LogP contribution in [0.5, 0.6) is 0 Å². The monoisotopic (exact) mass is 365 g/mol. The Bertz CT molecular complexity index is 1010. The molecule has 4 heterocycles. The van der Waals surface area contributed by atoms with Crippen LogP contribution in [0.25, 0.3) is 16.8 Å². The van der Waals surface area contributed by atoms with Crippen molar-refractivity contribution in [3.05, 3.63) is 24.3 Å². The number of fused-ring (bicyclic) bond motifs is 3. The van der Waals surface area contributed by atoms with Gasteiger partial charge in [0, 0.05) is 18.2 Å². The third kappa shape index (κ3) is 2.61. The second-order valence-electron chi connectivity index (χ2n) is 7.92. The van der Waals surface area contributed by atoms with Gasteiger partial charge in [0.05, 0.1) is 43.0 Å². The van der Waals surface area contributed by atoms with Crippen LogP contribution in [0.15, 0.2) is 18.5 Å². The molecule has 1 saturated heterocycles. The van der Waals surface area contributed by atoms with E-state index in [0.29, 0.717) is 37.5 Å². The predicted molar refractivity (Wildman–Crippen MR) is 99.1 cm³/mol. The second kappa shape index (κ2) is 6.29. The van der Waals surface area contributed by atoms with Crippen molar-refractivity contribution in [2.75, 3.05) is 13.2 Å². The summed E-state index contributed by atoms with van der Waals surface area (Å²) in [7, 11) is 0. The number of rotatable bonds is 5. The smallest absolute Gasteiger partial charge is 0.179 e. The Labute approximate surface area is 156 Å². The van der Waals surface area contributed by atoms with Gasteiger partial charge >= 0.3 is 0 Å². The van der Waals surface area contributed by atoms with E-state index in [0.717, 1.165) is 41.9 Å². The molecule has 2 N–H and O–H groups in total. The SMILES string of the molecule is CC[C@@H]1C[C@@H](NC2(CC#N)COC2)C[C@@H]1c1nnc2cnc3[nH]ccc3n12. The first-order chi connectivity index (χ1) is 13.2. The maximum absolute atomic E-state index is 9.16. The summed E-state index contributed by atoms with van der Waals surface area (Å²) in [4.78, 5) is 7.58. The maximum Gasteiger partial charge on any atom is 0.179 e. The third-order valence-corrected chi connectivity index (χ3v) is 6.20. The molecule has 3 aromatic heterocycles. The van der Waals surface area contributed by atoms with Gasteiger partial charge in [-0.2, -0.15) is 5.26 Å². The Kier molecular flexibility index (Phi) is 3.88. The Balaban J connectivity index is 1.47. The number of nitriles is 1. The van der Waals surface area contributed by atoms with Gasteiger partial charge in [-0.3, -0.25) is 4.40 Å². The van der Waals surface area contributed by atoms with Gasteiger partial charge in [-0.25, -0.2) is 4.98 Å². The molecular formula is C19H23N7O. The molecule has 27 heavy (non-hydrogen) atoms. The lowest BCUT2D eigenvalue weighted by Gasteiger charge is -2.42. The van der Waals surface area contributed by atoms with E-state index in [9.17, 15) is 0 Å². The molecule has 0 radical (unpaired) electrons. The van der Waals surface area contributed by atoms with E-state index >= 15 is 0 Å². The predicted octanol–water partition coefficient (Wildman–Crippen LogP) is 2.15. The second-order valence-corrected chi connectivity index (χ2v) is 7.92. The number of aromatic nitrogens is 5. The van der Waals surface area contributed by atoms with Crippen LogP contribution < -0.4 is 5.32 Å². The largest absolute Gasteiger partial charge is 0.377 e. The summed E-state index contributed by atoms with van der Waals surface area (Å²) in [6.07, 6.45) is 7.36. The molecule has 3 atom stereocenters. The zero-order valence-corrected chi connectivity index (χ0v) is 15.4. The topological polar surface area (TPSA) is 104 Å². The fourth-order valence-corrected chi connectivity index (χ4v) is 4.82. The van der Waals surface area contributed by atoms with E-state index in [4.69, 9.17) is 10.00 Å². The highest BCUT2D eigenvalue weighted by atomic mass is 16.5. The Morgan fingerprint density at radius 3 is 3.04 bits per heavy atom. The minimum absolute atomic E-state index is 0.169. The van der Waals surface area contributed by atoms with Crippen molar-refractivity contribution in [2.24, 2.45) is 5.92 Å². The first-order valence-corrected chi connectivity index (χ1v) is 9.62.